The van der Waals surface area contributed by atoms with Gasteiger partial charge in [0.1, 0.15) is 11.9 Å². The van der Waals surface area contributed by atoms with Crippen molar-refractivity contribution < 1.29 is 23.9 Å². The van der Waals surface area contributed by atoms with E-state index in [1.165, 1.54) is 18.2 Å². The van der Waals surface area contributed by atoms with Crippen LogP contribution >= 0.6 is 0 Å². The quantitative estimate of drug-likeness (QED) is 0.722. The molecule has 1 aromatic rings. The number of halogens is 1. The zero-order chi connectivity index (χ0) is 19.3. The molecule has 1 unspecified atom stereocenters. The Bertz CT molecular complexity index is 669. The molecule has 2 rings (SSSR count). The molecule has 7 heteroatoms. The van der Waals surface area contributed by atoms with E-state index in [9.17, 15) is 18.8 Å². The molecule has 6 nitrogen and oxygen atoms in total. The van der Waals surface area contributed by atoms with Crippen LogP contribution in [0.15, 0.2) is 24.3 Å². The number of nitrogens with one attached hydrogen (secondary N) is 2. The standard InChI is InChI=1S/C19H25FN2O4/c1-11(2)16(22-17(23)14-5-3-4-6-15(14)20)18(24)21-13-9-7-12(8-10-13)19(25)26/h3-6,11-13,16H,7-10H2,1-2H3,(H,21,24)(H,22,23)(H,25,26). The molecule has 1 aliphatic rings. The van der Waals surface area contributed by atoms with Gasteiger partial charge in [-0.2, -0.15) is 0 Å². The van der Waals surface area contributed by atoms with Crippen molar-refractivity contribution in [2.24, 2.45) is 11.8 Å². The van der Waals surface area contributed by atoms with E-state index < -0.39 is 23.7 Å². The van der Waals surface area contributed by atoms with Gasteiger partial charge >= 0.3 is 5.97 Å². The van der Waals surface area contributed by atoms with Crippen LogP contribution in [-0.2, 0) is 9.59 Å². The van der Waals surface area contributed by atoms with Gasteiger partial charge in [0.15, 0.2) is 0 Å². The van der Waals surface area contributed by atoms with Crippen LogP contribution in [0.25, 0.3) is 0 Å². The normalized spacial score (nSPS) is 21.1. The molecule has 26 heavy (non-hydrogen) atoms. The summed E-state index contributed by atoms with van der Waals surface area (Å²) in [6, 6.07) is 4.71. The number of rotatable bonds is 6. The molecule has 0 spiro atoms. The van der Waals surface area contributed by atoms with E-state index in [0.29, 0.717) is 25.7 Å². The van der Waals surface area contributed by atoms with Crippen LogP contribution in [-0.4, -0.2) is 35.0 Å². The number of benzene rings is 1. The molecule has 0 heterocycles. The summed E-state index contributed by atoms with van der Waals surface area (Å²) in [6.07, 6.45) is 2.23. The number of carbonyl (C=O) groups is 3. The highest BCUT2D eigenvalue weighted by atomic mass is 19.1. The fourth-order valence-electron chi connectivity index (χ4n) is 3.17. The summed E-state index contributed by atoms with van der Waals surface area (Å²) in [5.41, 5.74) is -0.104. The fraction of sp³-hybridized carbons (Fsp3) is 0.526. The van der Waals surface area contributed by atoms with E-state index >= 15 is 0 Å². The molecule has 1 aliphatic carbocycles. The second kappa shape index (κ2) is 8.78. The van der Waals surface area contributed by atoms with Gasteiger partial charge in [-0.25, -0.2) is 4.39 Å². The van der Waals surface area contributed by atoms with Crippen molar-refractivity contribution in [3.63, 3.8) is 0 Å². The topological polar surface area (TPSA) is 95.5 Å². The first kappa shape index (κ1) is 19.9. The van der Waals surface area contributed by atoms with Gasteiger partial charge in [-0.15, -0.1) is 0 Å². The van der Waals surface area contributed by atoms with Crippen LogP contribution in [0.5, 0.6) is 0 Å². The van der Waals surface area contributed by atoms with Gasteiger partial charge in [-0.3, -0.25) is 14.4 Å². The molecule has 2 amide bonds. The predicted molar refractivity (Wildman–Crippen MR) is 94.0 cm³/mol. The van der Waals surface area contributed by atoms with Gasteiger partial charge in [0.05, 0.1) is 11.5 Å². The van der Waals surface area contributed by atoms with Crippen molar-refractivity contribution in [1.82, 2.24) is 10.6 Å². The van der Waals surface area contributed by atoms with Crippen LogP contribution in [0.2, 0.25) is 0 Å². The summed E-state index contributed by atoms with van der Waals surface area (Å²) >= 11 is 0. The molecule has 1 fully saturated rings. The number of carboxylic acid groups (broad SMARTS) is 1. The molecule has 1 aromatic carbocycles. The Morgan fingerprint density at radius 1 is 1.12 bits per heavy atom. The van der Waals surface area contributed by atoms with Crippen LogP contribution in [0.3, 0.4) is 0 Å². The molecule has 0 bridgehead atoms. The van der Waals surface area contributed by atoms with Crippen LogP contribution in [0.1, 0.15) is 49.9 Å². The van der Waals surface area contributed by atoms with E-state index in [4.69, 9.17) is 5.11 Å². The molecule has 1 atom stereocenters. The lowest BCUT2D eigenvalue weighted by Gasteiger charge is -2.29. The molecular formula is C19H25FN2O4. The highest BCUT2D eigenvalue weighted by Crippen LogP contribution is 2.24. The SMILES string of the molecule is CC(C)C(NC(=O)c1ccccc1F)C(=O)NC1CCC(C(=O)O)CC1. The number of carbonyl (C=O) groups excluding carboxylic acids is 2. The van der Waals surface area contributed by atoms with Gasteiger partial charge in [-0.1, -0.05) is 26.0 Å². The minimum Gasteiger partial charge on any atom is -0.481 e. The Morgan fingerprint density at radius 3 is 2.27 bits per heavy atom. The average Bonchev–Trinajstić information content (AvgIpc) is 2.59. The lowest BCUT2D eigenvalue weighted by atomic mass is 9.86. The first-order valence-electron chi connectivity index (χ1n) is 8.88. The smallest absolute Gasteiger partial charge is 0.306 e. The summed E-state index contributed by atoms with van der Waals surface area (Å²) in [5.74, 6) is -2.94. The lowest BCUT2D eigenvalue weighted by Crippen LogP contribution is -2.52. The van der Waals surface area contributed by atoms with Gasteiger partial charge in [0.25, 0.3) is 5.91 Å². The summed E-state index contributed by atoms with van der Waals surface area (Å²) in [7, 11) is 0. The highest BCUT2D eigenvalue weighted by molar-refractivity contribution is 5.97. The molecular weight excluding hydrogens is 339 g/mol. The van der Waals surface area contributed by atoms with E-state index in [2.05, 4.69) is 10.6 Å². The number of amides is 2. The van der Waals surface area contributed by atoms with E-state index in [1.54, 1.807) is 19.9 Å². The first-order valence-corrected chi connectivity index (χ1v) is 8.88. The number of carboxylic acids is 1. The number of hydrogen-bond donors (Lipinski definition) is 3. The third-order valence-corrected chi connectivity index (χ3v) is 4.78. The second-order valence-electron chi connectivity index (χ2n) is 7.07. The Kier molecular flexibility index (Phi) is 6.71. The summed E-state index contributed by atoms with van der Waals surface area (Å²) in [6.45, 7) is 3.60. The largest absolute Gasteiger partial charge is 0.481 e. The van der Waals surface area contributed by atoms with Crippen LogP contribution < -0.4 is 10.6 Å². The molecule has 1 saturated carbocycles. The van der Waals surface area contributed by atoms with E-state index in [0.717, 1.165) is 0 Å². The number of hydrogen-bond acceptors (Lipinski definition) is 3. The molecule has 0 aromatic heterocycles. The molecule has 0 aliphatic heterocycles. The third-order valence-electron chi connectivity index (χ3n) is 4.78. The van der Waals surface area contributed by atoms with Crippen LogP contribution in [0, 0.1) is 17.7 Å². The zero-order valence-corrected chi connectivity index (χ0v) is 15.0. The molecule has 0 radical (unpaired) electrons. The van der Waals surface area contributed by atoms with Crippen molar-refractivity contribution in [2.75, 3.05) is 0 Å². The Morgan fingerprint density at radius 2 is 1.73 bits per heavy atom. The van der Waals surface area contributed by atoms with Gasteiger partial charge in [-0.05, 0) is 43.7 Å². The molecule has 142 valence electrons. The van der Waals surface area contributed by atoms with Gasteiger partial charge in [0.2, 0.25) is 5.91 Å². The third kappa shape index (κ3) is 5.03. The molecule has 3 N–H and O–H groups in total. The van der Waals surface area contributed by atoms with Crippen molar-refractivity contribution >= 4 is 17.8 Å². The summed E-state index contributed by atoms with van der Waals surface area (Å²) in [5, 5.41) is 14.5. The minimum absolute atomic E-state index is 0.104. The van der Waals surface area contributed by atoms with Gasteiger partial charge in [0, 0.05) is 6.04 Å². The number of aliphatic carboxylic acids is 1. The second-order valence-corrected chi connectivity index (χ2v) is 7.07. The maximum atomic E-state index is 13.8. The van der Waals surface area contributed by atoms with Crippen molar-refractivity contribution in [1.29, 1.82) is 0 Å². The maximum absolute atomic E-state index is 13.8. The molecule has 0 saturated heterocycles. The summed E-state index contributed by atoms with van der Waals surface area (Å²) < 4.78 is 13.8. The average molecular weight is 364 g/mol. The lowest BCUT2D eigenvalue weighted by molar-refractivity contribution is -0.142. The highest BCUT2D eigenvalue weighted by Gasteiger charge is 2.30. The monoisotopic (exact) mass is 364 g/mol. The zero-order valence-electron chi connectivity index (χ0n) is 15.0. The maximum Gasteiger partial charge on any atom is 0.306 e. The Labute approximate surface area is 152 Å². The van der Waals surface area contributed by atoms with Crippen molar-refractivity contribution in [3.05, 3.63) is 35.6 Å². The predicted octanol–water partition coefficient (Wildman–Crippen LogP) is 2.34. The summed E-state index contributed by atoms with van der Waals surface area (Å²) in [4.78, 5) is 35.9. The minimum atomic E-state index is -0.799. The Balaban J connectivity index is 1.96. The Hall–Kier alpha value is -2.44. The fourth-order valence-corrected chi connectivity index (χ4v) is 3.17. The first-order chi connectivity index (χ1) is 12.3. The van der Waals surface area contributed by atoms with Crippen molar-refractivity contribution in [2.45, 2.75) is 51.6 Å². The van der Waals surface area contributed by atoms with Crippen LogP contribution in [0.4, 0.5) is 4.39 Å². The van der Waals surface area contributed by atoms with Crippen molar-refractivity contribution in [3.8, 4) is 0 Å². The van der Waals surface area contributed by atoms with E-state index in [1.807, 2.05) is 0 Å². The van der Waals surface area contributed by atoms with E-state index in [-0.39, 0.29) is 29.3 Å². The van der Waals surface area contributed by atoms with Gasteiger partial charge < -0.3 is 15.7 Å².